The van der Waals surface area contributed by atoms with E-state index in [4.69, 9.17) is 4.74 Å². The Morgan fingerprint density at radius 1 is 1.11 bits per heavy atom. The van der Waals surface area contributed by atoms with Crippen molar-refractivity contribution >= 4 is 34.5 Å². The van der Waals surface area contributed by atoms with Gasteiger partial charge in [-0.15, -0.1) is 0 Å². The lowest BCUT2D eigenvalue weighted by molar-refractivity contribution is -0.142. The van der Waals surface area contributed by atoms with Crippen LogP contribution in [0.5, 0.6) is 0 Å². The predicted octanol–water partition coefficient (Wildman–Crippen LogP) is 3.71. The summed E-state index contributed by atoms with van der Waals surface area (Å²) in [5.74, 6) is 0.0745. The van der Waals surface area contributed by atoms with E-state index in [1.807, 2.05) is 54.9 Å². The van der Waals surface area contributed by atoms with Crippen molar-refractivity contribution in [1.82, 2.24) is 9.88 Å². The summed E-state index contributed by atoms with van der Waals surface area (Å²) >= 11 is 1.63. The minimum Gasteiger partial charge on any atom is -0.467 e. The second-order valence-electron chi connectivity index (χ2n) is 6.50. The summed E-state index contributed by atoms with van der Waals surface area (Å²) in [7, 11) is 1.34. The first kappa shape index (κ1) is 20.0. The number of nitrogens with zero attached hydrogens (tertiary/aromatic N) is 1. The highest BCUT2D eigenvalue weighted by atomic mass is 32.2. The number of fused-ring (bicyclic) bond motifs is 1. The number of benzene rings is 2. The third-order valence-corrected chi connectivity index (χ3v) is 5.27. The highest BCUT2D eigenvalue weighted by Gasteiger charge is 2.23. The third kappa shape index (κ3) is 4.57. The highest BCUT2D eigenvalue weighted by molar-refractivity contribution is 7.98. The number of hydrogen-bond donors (Lipinski definition) is 1. The molecule has 0 saturated heterocycles. The number of hydrogen-bond acceptors (Lipinski definition) is 4. The monoisotopic (exact) mass is 396 g/mol. The minimum atomic E-state index is -0.652. The van der Waals surface area contributed by atoms with Gasteiger partial charge in [-0.3, -0.25) is 4.79 Å². The van der Waals surface area contributed by atoms with Crippen LogP contribution in [0.25, 0.3) is 10.9 Å². The van der Waals surface area contributed by atoms with Gasteiger partial charge in [0.2, 0.25) is 0 Å². The fourth-order valence-corrected chi connectivity index (χ4v) is 3.67. The molecule has 0 aliphatic heterocycles. The average molecular weight is 397 g/mol. The number of esters is 1. The first-order chi connectivity index (χ1) is 13.6. The van der Waals surface area contributed by atoms with E-state index in [0.29, 0.717) is 18.5 Å². The number of carbonyl (C=O) groups excluding carboxylic acids is 2. The van der Waals surface area contributed by atoms with Crippen molar-refractivity contribution in [2.45, 2.75) is 19.0 Å². The van der Waals surface area contributed by atoms with Gasteiger partial charge in [0, 0.05) is 23.6 Å². The Morgan fingerprint density at radius 2 is 1.82 bits per heavy atom. The second kappa shape index (κ2) is 9.46. The molecule has 0 aliphatic rings. The van der Waals surface area contributed by atoms with Crippen molar-refractivity contribution in [2.24, 2.45) is 0 Å². The number of methoxy groups -OCH3 is 1. The summed E-state index contributed by atoms with van der Waals surface area (Å²) in [5.41, 5.74) is 2.70. The summed E-state index contributed by atoms with van der Waals surface area (Å²) in [4.78, 5) is 25.0. The smallest absolute Gasteiger partial charge is 0.328 e. The highest BCUT2D eigenvalue weighted by Crippen LogP contribution is 2.23. The maximum absolute atomic E-state index is 13.0. The molecule has 0 spiro atoms. The van der Waals surface area contributed by atoms with Gasteiger partial charge in [0.25, 0.3) is 5.91 Å². The van der Waals surface area contributed by atoms with E-state index in [2.05, 4.69) is 22.0 Å². The molecule has 0 bridgehead atoms. The molecule has 1 aromatic heterocycles. The van der Waals surface area contributed by atoms with Gasteiger partial charge in [-0.05, 0) is 30.1 Å². The number of amides is 1. The molecule has 1 amide bonds. The van der Waals surface area contributed by atoms with E-state index in [0.717, 1.165) is 22.2 Å². The molecule has 0 saturated carbocycles. The zero-order chi connectivity index (χ0) is 19.9. The van der Waals surface area contributed by atoms with Gasteiger partial charge in [-0.1, -0.05) is 48.5 Å². The van der Waals surface area contributed by atoms with Crippen molar-refractivity contribution in [3.63, 3.8) is 0 Å². The van der Waals surface area contributed by atoms with Crippen LogP contribution in [0.15, 0.2) is 60.8 Å². The van der Waals surface area contributed by atoms with Crippen LogP contribution in [-0.2, 0) is 16.1 Å². The van der Waals surface area contributed by atoms with Gasteiger partial charge in [0.15, 0.2) is 0 Å². The number of aromatic nitrogens is 1. The lowest BCUT2D eigenvalue weighted by atomic mass is 10.1. The Kier molecular flexibility index (Phi) is 6.76. The zero-order valence-electron chi connectivity index (χ0n) is 16.1. The van der Waals surface area contributed by atoms with E-state index in [9.17, 15) is 9.59 Å². The third-order valence-electron chi connectivity index (χ3n) is 4.63. The Morgan fingerprint density at radius 3 is 2.54 bits per heavy atom. The van der Waals surface area contributed by atoms with Crippen LogP contribution in [0.3, 0.4) is 0 Å². The molecule has 0 fully saturated rings. The molecule has 1 heterocycles. The van der Waals surface area contributed by atoms with E-state index in [-0.39, 0.29) is 5.91 Å². The number of thioether (sulfide) groups is 1. The minimum absolute atomic E-state index is 0.264. The molecule has 146 valence electrons. The number of ether oxygens (including phenoxy) is 1. The summed E-state index contributed by atoms with van der Waals surface area (Å²) in [6.45, 7) is 0.668. The summed E-state index contributed by atoms with van der Waals surface area (Å²) in [6, 6.07) is 17.3. The Labute approximate surface area is 169 Å². The number of carbonyl (C=O) groups is 2. The largest absolute Gasteiger partial charge is 0.467 e. The van der Waals surface area contributed by atoms with Gasteiger partial charge in [0.05, 0.1) is 12.7 Å². The van der Waals surface area contributed by atoms with E-state index >= 15 is 0 Å². The van der Waals surface area contributed by atoms with Crippen molar-refractivity contribution < 1.29 is 14.3 Å². The fourth-order valence-electron chi connectivity index (χ4n) is 3.20. The van der Waals surface area contributed by atoms with Gasteiger partial charge in [0.1, 0.15) is 6.04 Å². The van der Waals surface area contributed by atoms with Crippen LogP contribution < -0.4 is 5.32 Å². The molecule has 0 unspecified atom stereocenters. The Balaban J connectivity index is 1.89. The Bertz CT molecular complexity index is 953. The van der Waals surface area contributed by atoms with Crippen LogP contribution in [0.4, 0.5) is 0 Å². The van der Waals surface area contributed by atoms with Crippen LogP contribution in [0.2, 0.25) is 0 Å². The summed E-state index contributed by atoms with van der Waals surface area (Å²) < 4.78 is 6.91. The number of rotatable bonds is 8. The topological polar surface area (TPSA) is 60.3 Å². The molecule has 6 heteroatoms. The standard InChI is InChI=1S/C22H24N2O3S/c1-27-22(26)19(12-13-28-2)23-21(25)18-15-24(14-16-8-4-3-5-9-16)20-11-7-6-10-17(18)20/h3-11,15,19H,12-14H2,1-2H3,(H,23,25)/t19-/m0/s1. The zero-order valence-corrected chi connectivity index (χ0v) is 16.9. The molecule has 1 atom stereocenters. The van der Waals surface area contributed by atoms with Gasteiger partial charge >= 0.3 is 5.97 Å². The first-order valence-corrected chi connectivity index (χ1v) is 10.5. The molecule has 0 radical (unpaired) electrons. The molecule has 3 aromatic rings. The molecule has 0 aliphatic carbocycles. The van der Waals surface area contributed by atoms with Gasteiger partial charge in [-0.25, -0.2) is 4.79 Å². The van der Waals surface area contributed by atoms with E-state index in [1.165, 1.54) is 7.11 Å². The van der Waals surface area contributed by atoms with Crippen molar-refractivity contribution in [1.29, 1.82) is 0 Å². The first-order valence-electron chi connectivity index (χ1n) is 9.13. The van der Waals surface area contributed by atoms with Crippen molar-refractivity contribution in [2.75, 3.05) is 19.1 Å². The number of para-hydroxylation sites is 1. The van der Waals surface area contributed by atoms with Crippen LogP contribution >= 0.6 is 11.8 Å². The lowest BCUT2D eigenvalue weighted by Crippen LogP contribution is -2.41. The molecule has 28 heavy (non-hydrogen) atoms. The predicted molar refractivity (Wildman–Crippen MR) is 114 cm³/mol. The maximum atomic E-state index is 13.0. The molecule has 1 N–H and O–H groups in total. The molecule has 3 rings (SSSR count). The summed E-state index contributed by atoms with van der Waals surface area (Å²) in [5, 5.41) is 3.71. The van der Waals surface area contributed by atoms with Crippen LogP contribution in [-0.4, -0.2) is 41.6 Å². The molecule has 5 nitrogen and oxygen atoms in total. The number of nitrogens with one attached hydrogen (secondary N) is 1. The Hall–Kier alpha value is -2.73. The van der Waals surface area contributed by atoms with Crippen LogP contribution in [0, 0.1) is 0 Å². The quantitative estimate of drug-likeness (QED) is 0.590. The average Bonchev–Trinajstić information content (AvgIpc) is 3.10. The fraction of sp³-hybridized carbons (Fsp3) is 0.273. The summed E-state index contributed by atoms with van der Waals surface area (Å²) in [6.07, 6.45) is 4.35. The van der Waals surface area contributed by atoms with E-state index < -0.39 is 12.0 Å². The SMILES string of the molecule is COC(=O)[C@H](CCSC)NC(=O)c1cn(Cc2ccccc2)c2ccccc12. The van der Waals surface area contributed by atoms with E-state index in [1.54, 1.807) is 11.8 Å². The van der Waals surface area contributed by atoms with Crippen LogP contribution in [0.1, 0.15) is 22.3 Å². The van der Waals surface area contributed by atoms with Crippen molar-refractivity contribution in [3.05, 3.63) is 71.9 Å². The molecular weight excluding hydrogens is 372 g/mol. The van der Waals surface area contributed by atoms with Gasteiger partial charge < -0.3 is 14.6 Å². The van der Waals surface area contributed by atoms with Crippen molar-refractivity contribution in [3.8, 4) is 0 Å². The van der Waals surface area contributed by atoms with Gasteiger partial charge in [-0.2, -0.15) is 11.8 Å². The maximum Gasteiger partial charge on any atom is 0.328 e. The normalized spacial score (nSPS) is 11.9. The molecule has 2 aromatic carbocycles. The second-order valence-corrected chi connectivity index (χ2v) is 7.49. The molecular formula is C22H24N2O3S. The lowest BCUT2D eigenvalue weighted by Gasteiger charge is -2.15.